The number of sulfonamides is 1. The van der Waals surface area contributed by atoms with Gasteiger partial charge in [0.2, 0.25) is 15.9 Å². The molecule has 0 saturated carbocycles. The third kappa shape index (κ3) is 8.19. The van der Waals surface area contributed by atoms with Crippen molar-refractivity contribution < 1.29 is 31.1 Å². The minimum absolute atomic E-state index is 0.136. The number of hydrogen-bond donors (Lipinski definition) is 3. The Bertz CT molecular complexity index is 1470. The molecule has 7 nitrogen and oxygen atoms in total. The van der Waals surface area contributed by atoms with Crippen LogP contribution in [0.4, 0.5) is 13.2 Å². The molecule has 1 aliphatic carbocycles. The highest BCUT2D eigenvalue weighted by atomic mass is 32.2. The summed E-state index contributed by atoms with van der Waals surface area (Å²) in [5.74, 6) is -0.368. The molecule has 0 radical (unpaired) electrons. The topological polar surface area (TPSA) is 96.5 Å². The largest absolute Gasteiger partial charge is 0.416 e. The van der Waals surface area contributed by atoms with Crippen LogP contribution in [0.25, 0.3) is 0 Å². The van der Waals surface area contributed by atoms with Crippen molar-refractivity contribution >= 4 is 15.9 Å². The monoisotopic (exact) mass is 603 g/mol. The third-order valence-corrected chi connectivity index (χ3v) is 8.90. The van der Waals surface area contributed by atoms with Gasteiger partial charge in [-0.15, -0.1) is 0 Å². The fourth-order valence-corrected chi connectivity index (χ4v) is 6.47. The summed E-state index contributed by atoms with van der Waals surface area (Å²) < 4.78 is 73.6. The predicted octanol–water partition coefficient (Wildman–Crippen LogP) is 5.61. The van der Waals surface area contributed by atoms with Crippen LogP contribution in [-0.2, 0) is 32.2 Å². The summed E-state index contributed by atoms with van der Waals surface area (Å²) in [4.78, 5) is 12.8. The van der Waals surface area contributed by atoms with Crippen molar-refractivity contribution in [1.29, 1.82) is 0 Å². The molecule has 0 heterocycles. The second-order valence-electron chi connectivity index (χ2n) is 10.5. The number of carbonyl (C=O) groups is 1. The van der Waals surface area contributed by atoms with Crippen molar-refractivity contribution in [3.8, 4) is 0 Å². The Kier molecular flexibility index (Phi) is 10.4. The van der Waals surface area contributed by atoms with E-state index in [1.165, 1.54) is 0 Å². The Morgan fingerprint density at radius 2 is 1.79 bits per heavy atom. The maximum atomic E-state index is 13.3. The predicted molar refractivity (Wildman–Crippen MR) is 154 cm³/mol. The van der Waals surface area contributed by atoms with Gasteiger partial charge in [0.1, 0.15) is 0 Å². The highest BCUT2D eigenvalue weighted by Gasteiger charge is 2.33. The summed E-state index contributed by atoms with van der Waals surface area (Å²) in [6, 6.07) is 17.2. The number of nitrogens with one attached hydrogen (secondary N) is 3. The van der Waals surface area contributed by atoms with Crippen LogP contribution < -0.4 is 15.4 Å². The molecule has 4 rings (SSSR count). The van der Waals surface area contributed by atoms with Crippen LogP contribution in [0.5, 0.6) is 0 Å². The Balaban J connectivity index is 1.50. The summed E-state index contributed by atoms with van der Waals surface area (Å²) in [5.41, 5.74) is 2.79. The molecule has 1 unspecified atom stereocenters. The lowest BCUT2D eigenvalue weighted by Crippen LogP contribution is -2.36. The Hall–Kier alpha value is -3.25. The lowest BCUT2D eigenvalue weighted by atomic mass is 9.85. The number of rotatable bonds is 12. The molecule has 0 aromatic heterocycles. The summed E-state index contributed by atoms with van der Waals surface area (Å²) in [7, 11) is -2.72. The Morgan fingerprint density at radius 1 is 1.02 bits per heavy atom. The first kappa shape index (κ1) is 31.7. The number of alkyl halides is 3. The Labute approximate surface area is 244 Å². The van der Waals surface area contributed by atoms with Crippen LogP contribution in [0.1, 0.15) is 72.1 Å². The molecule has 3 atom stereocenters. The van der Waals surface area contributed by atoms with Crippen molar-refractivity contribution in [2.45, 2.75) is 61.8 Å². The van der Waals surface area contributed by atoms with Gasteiger partial charge in [0.05, 0.1) is 29.1 Å². The fraction of sp³-hybridized carbons (Fsp3) is 0.387. The zero-order valence-corrected chi connectivity index (χ0v) is 24.4. The molecule has 0 bridgehead atoms. The second-order valence-corrected chi connectivity index (χ2v) is 12.2. The number of fused-ring (bicyclic) bond motifs is 1. The van der Waals surface area contributed by atoms with E-state index in [9.17, 15) is 26.4 Å². The fourth-order valence-electron chi connectivity index (χ4n) is 5.20. The van der Waals surface area contributed by atoms with E-state index in [1.807, 2.05) is 12.1 Å². The average Bonchev–Trinajstić information content (AvgIpc) is 2.97. The summed E-state index contributed by atoms with van der Waals surface area (Å²) in [5, 5.41) is 6.49. The molecular formula is C31H36F3N3O4S. The van der Waals surface area contributed by atoms with Gasteiger partial charge in [0.15, 0.2) is 0 Å². The molecule has 3 aromatic carbocycles. The van der Waals surface area contributed by atoms with Crippen molar-refractivity contribution in [3.05, 3.63) is 101 Å². The SMILES string of the molecule is COCCNC(C)c1ccc2c(c1)CCC[C@H]2NC(=O)C[C@@H](NS(=O)(=O)c1cccc(C(F)(F)F)c1)c1ccccc1. The van der Waals surface area contributed by atoms with E-state index >= 15 is 0 Å². The van der Waals surface area contributed by atoms with Gasteiger partial charge in [-0.25, -0.2) is 13.1 Å². The number of amides is 1. The van der Waals surface area contributed by atoms with Gasteiger partial charge in [0.25, 0.3) is 0 Å². The number of carbonyl (C=O) groups excluding carboxylic acids is 1. The van der Waals surface area contributed by atoms with E-state index < -0.39 is 32.7 Å². The molecule has 0 spiro atoms. The normalized spacial score (nSPS) is 16.8. The van der Waals surface area contributed by atoms with Gasteiger partial charge in [-0.3, -0.25) is 4.79 Å². The molecule has 0 aliphatic heterocycles. The van der Waals surface area contributed by atoms with Crippen molar-refractivity contribution in [3.63, 3.8) is 0 Å². The smallest absolute Gasteiger partial charge is 0.383 e. The number of hydrogen-bond acceptors (Lipinski definition) is 5. The van der Waals surface area contributed by atoms with Crippen LogP contribution in [0.3, 0.4) is 0 Å². The van der Waals surface area contributed by atoms with Crippen LogP contribution in [0.15, 0.2) is 77.7 Å². The molecule has 1 aliphatic rings. The van der Waals surface area contributed by atoms with Crippen LogP contribution in [0.2, 0.25) is 0 Å². The van der Waals surface area contributed by atoms with Crippen molar-refractivity contribution in [1.82, 2.24) is 15.4 Å². The first-order valence-electron chi connectivity index (χ1n) is 13.9. The molecule has 0 saturated heterocycles. The zero-order valence-electron chi connectivity index (χ0n) is 23.6. The van der Waals surface area contributed by atoms with Gasteiger partial charge in [-0.05, 0) is 66.6 Å². The van der Waals surface area contributed by atoms with Crippen LogP contribution in [0, 0.1) is 0 Å². The van der Waals surface area contributed by atoms with Crippen LogP contribution >= 0.6 is 0 Å². The van der Waals surface area contributed by atoms with E-state index in [1.54, 1.807) is 37.4 Å². The standard InChI is InChI=1S/C31H36F3N3O4S/c1-21(35-16-17-41-2)23-14-15-27-24(18-23)10-6-13-28(27)36-30(38)20-29(22-8-4-3-5-9-22)37-42(39,40)26-12-7-11-25(19-26)31(32,33)34/h3-5,7-9,11-12,14-15,18-19,21,28-29,35,37H,6,10,13,16-17,20H2,1-2H3,(H,36,38)/t21?,28-,29-/m1/s1. The number of methoxy groups -OCH3 is 1. The highest BCUT2D eigenvalue weighted by Crippen LogP contribution is 2.33. The maximum Gasteiger partial charge on any atom is 0.416 e. The minimum Gasteiger partial charge on any atom is -0.383 e. The summed E-state index contributed by atoms with van der Waals surface area (Å²) in [6.07, 6.45) is -2.40. The van der Waals surface area contributed by atoms with Gasteiger partial charge >= 0.3 is 6.18 Å². The van der Waals surface area contributed by atoms with E-state index in [-0.39, 0.29) is 24.4 Å². The molecule has 1 amide bonds. The van der Waals surface area contributed by atoms with E-state index in [2.05, 4.69) is 28.3 Å². The summed E-state index contributed by atoms with van der Waals surface area (Å²) in [6.45, 7) is 3.43. The van der Waals surface area contributed by atoms with Crippen molar-refractivity contribution in [2.75, 3.05) is 20.3 Å². The van der Waals surface area contributed by atoms with Crippen molar-refractivity contribution in [2.24, 2.45) is 0 Å². The summed E-state index contributed by atoms with van der Waals surface area (Å²) >= 11 is 0. The maximum absolute atomic E-state index is 13.3. The molecule has 11 heteroatoms. The second kappa shape index (κ2) is 13.8. The molecule has 0 fully saturated rings. The minimum atomic E-state index is -4.69. The highest BCUT2D eigenvalue weighted by molar-refractivity contribution is 7.89. The van der Waals surface area contributed by atoms with E-state index in [4.69, 9.17) is 4.74 Å². The molecular weight excluding hydrogens is 567 g/mol. The lowest BCUT2D eigenvalue weighted by molar-refractivity contribution is -0.137. The Morgan fingerprint density at radius 3 is 2.50 bits per heavy atom. The van der Waals surface area contributed by atoms with E-state index in [0.717, 1.165) is 60.7 Å². The number of ether oxygens (including phenoxy) is 1. The van der Waals surface area contributed by atoms with Gasteiger partial charge < -0.3 is 15.4 Å². The molecule has 3 N–H and O–H groups in total. The molecule has 226 valence electrons. The number of aryl methyl sites for hydroxylation is 1. The van der Waals surface area contributed by atoms with Gasteiger partial charge in [-0.1, -0.05) is 54.6 Å². The van der Waals surface area contributed by atoms with Crippen LogP contribution in [-0.4, -0.2) is 34.6 Å². The van der Waals surface area contributed by atoms with Gasteiger partial charge in [-0.2, -0.15) is 13.2 Å². The average molecular weight is 604 g/mol. The lowest BCUT2D eigenvalue weighted by Gasteiger charge is -2.28. The quantitative estimate of drug-likeness (QED) is 0.234. The number of benzene rings is 3. The third-order valence-electron chi connectivity index (χ3n) is 7.43. The van der Waals surface area contributed by atoms with Gasteiger partial charge in [0, 0.05) is 26.1 Å². The molecule has 3 aromatic rings. The molecule has 42 heavy (non-hydrogen) atoms. The first-order valence-corrected chi connectivity index (χ1v) is 15.3. The van der Waals surface area contributed by atoms with E-state index in [0.29, 0.717) is 18.2 Å². The zero-order chi connectivity index (χ0) is 30.3. The first-order chi connectivity index (χ1) is 20.0. The number of halogens is 3.